The number of hydrogen-bond acceptors (Lipinski definition) is 5. The van der Waals surface area contributed by atoms with Crippen molar-refractivity contribution in [1.82, 2.24) is 19.8 Å². The molecule has 2 aromatic rings. The molecule has 0 atom stereocenters. The Morgan fingerprint density at radius 1 is 1.10 bits per heavy atom. The zero-order chi connectivity index (χ0) is 20.4. The number of aromatic nitrogens is 2. The Bertz CT molecular complexity index is 1000. The van der Waals surface area contributed by atoms with Gasteiger partial charge >= 0.3 is 17.7 Å². The first-order valence-electron chi connectivity index (χ1n) is 9.97. The summed E-state index contributed by atoms with van der Waals surface area (Å²) in [6.45, 7) is 0.0986. The van der Waals surface area contributed by atoms with Crippen LogP contribution in [0.5, 0.6) is 0 Å². The van der Waals surface area contributed by atoms with E-state index in [9.17, 15) is 19.2 Å². The molecule has 3 amide bonds. The molecule has 29 heavy (non-hydrogen) atoms. The van der Waals surface area contributed by atoms with Gasteiger partial charge in [0.25, 0.3) is 5.91 Å². The average Bonchev–Trinajstić information content (AvgIpc) is 3.14. The molecule has 2 heterocycles. The number of carbonyl (C=O) groups excluding carboxylic acids is 3. The molecular formula is C20H24N4O5. The lowest BCUT2D eigenvalue weighted by atomic mass is 9.82. The number of nitrogens with zero attached hydrogens (tertiary/aromatic N) is 2. The van der Waals surface area contributed by atoms with Crippen LogP contribution < -0.4 is 11.0 Å². The Balaban J connectivity index is 1.28. The number of aromatic amines is 1. The summed E-state index contributed by atoms with van der Waals surface area (Å²) in [5, 5.41) is 2.77. The van der Waals surface area contributed by atoms with Gasteiger partial charge < -0.3 is 15.0 Å². The fourth-order valence-corrected chi connectivity index (χ4v) is 4.23. The molecule has 0 bridgehead atoms. The Morgan fingerprint density at radius 3 is 2.66 bits per heavy atom. The predicted molar refractivity (Wildman–Crippen MR) is 104 cm³/mol. The van der Waals surface area contributed by atoms with Crippen LogP contribution in [0.2, 0.25) is 0 Å². The van der Waals surface area contributed by atoms with Gasteiger partial charge in [-0.05, 0) is 31.4 Å². The number of hydrogen-bond donors (Lipinski definition) is 2. The van der Waals surface area contributed by atoms with Crippen LogP contribution in [0.15, 0.2) is 29.1 Å². The van der Waals surface area contributed by atoms with Crippen molar-refractivity contribution in [3.8, 4) is 0 Å². The summed E-state index contributed by atoms with van der Waals surface area (Å²) in [4.78, 5) is 52.7. The first-order chi connectivity index (χ1) is 14.0. The van der Waals surface area contributed by atoms with E-state index < -0.39 is 17.5 Å². The van der Waals surface area contributed by atoms with Crippen LogP contribution in [0.25, 0.3) is 11.0 Å². The van der Waals surface area contributed by atoms with Gasteiger partial charge in [-0.1, -0.05) is 31.4 Å². The molecule has 4 rings (SSSR count). The normalized spacial score (nSPS) is 18.4. The fraction of sp³-hybridized carbons (Fsp3) is 0.500. The Labute approximate surface area is 167 Å². The van der Waals surface area contributed by atoms with E-state index in [0.29, 0.717) is 25.8 Å². The second-order valence-corrected chi connectivity index (χ2v) is 7.64. The number of para-hydroxylation sites is 2. The molecule has 2 aliphatic rings. The first kappa shape index (κ1) is 19.2. The maximum absolute atomic E-state index is 12.7. The van der Waals surface area contributed by atoms with E-state index in [0.717, 1.165) is 35.2 Å². The second kappa shape index (κ2) is 7.73. The number of urea groups is 1. The molecule has 0 radical (unpaired) electrons. The molecule has 1 spiro atoms. The minimum atomic E-state index is -0.841. The number of esters is 1. The third kappa shape index (κ3) is 3.64. The van der Waals surface area contributed by atoms with Gasteiger partial charge in [-0.2, -0.15) is 0 Å². The largest absolute Gasteiger partial charge is 0.464 e. The maximum Gasteiger partial charge on any atom is 0.326 e. The van der Waals surface area contributed by atoms with E-state index in [1.54, 1.807) is 4.57 Å². The minimum absolute atomic E-state index is 0.0968. The fourth-order valence-electron chi connectivity index (χ4n) is 4.23. The molecule has 9 heteroatoms. The van der Waals surface area contributed by atoms with E-state index in [-0.39, 0.29) is 24.7 Å². The molecule has 2 N–H and O–H groups in total. The highest BCUT2D eigenvalue weighted by molar-refractivity contribution is 6.08. The number of amides is 3. The Hall–Kier alpha value is -3.10. The lowest BCUT2D eigenvalue weighted by Crippen LogP contribution is -2.48. The molecule has 2 fully saturated rings. The molecule has 0 unspecified atom stereocenters. The predicted octanol–water partition coefficient (Wildman–Crippen LogP) is 1.52. The number of ether oxygens (including phenoxy) is 1. The highest BCUT2D eigenvalue weighted by atomic mass is 16.5. The number of rotatable bonds is 6. The summed E-state index contributed by atoms with van der Waals surface area (Å²) < 4.78 is 6.78. The Morgan fingerprint density at radius 2 is 1.86 bits per heavy atom. The molecular weight excluding hydrogens is 376 g/mol. The van der Waals surface area contributed by atoms with Gasteiger partial charge in [-0.3, -0.25) is 19.1 Å². The van der Waals surface area contributed by atoms with Gasteiger partial charge in [0.15, 0.2) is 0 Å². The van der Waals surface area contributed by atoms with E-state index in [1.807, 2.05) is 24.3 Å². The van der Waals surface area contributed by atoms with E-state index in [4.69, 9.17) is 4.74 Å². The molecule has 1 aromatic carbocycles. The number of imide groups is 1. The molecule has 9 nitrogen and oxygen atoms in total. The van der Waals surface area contributed by atoms with Gasteiger partial charge in [0.2, 0.25) is 0 Å². The lowest BCUT2D eigenvalue weighted by Gasteiger charge is -2.30. The summed E-state index contributed by atoms with van der Waals surface area (Å²) >= 11 is 0. The van der Waals surface area contributed by atoms with Crippen molar-refractivity contribution < 1.29 is 19.1 Å². The number of imidazole rings is 1. The van der Waals surface area contributed by atoms with Gasteiger partial charge in [-0.15, -0.1) is 0 Å². The average molecular weight is 400 g/mol. The molecule has 1 aliphatic carbocycles. The molecule has 1 saturated carbocycles. The van der Waals surface area contributed by atoms with Crippen LogP contribution >= 0.6 is 0 Å². The standard InChI is InChI=1S/C20H24N4O5/c25-16(13-24-17(26)20(22-19(24)28)9-4-1-5-10-20)29-12-6-11-23-15-8-3-2-7-14(15)21-18(23)27/h2-3,7-8H,1,4-6,9-13H2,(H,21,27)(H,22,28). The van der Waals surface area contributed by atoms with Gasteiger partial charge in [0.05, 0.1) is 17.6 Å². The SMILES string of the molecule is O=C(CN1C(=O)NC2(CCCCC2)C1=O)OCCCn1c(=O)[nH]c2ccccc21. The highest BCUT2D eigenvalue weighted by Gasteiger charge is 2.51. The number of nitrogens with one attached hydrogen (secondary N) is 2. The van der Waals surface area contributed by atoms with Crippen molar-refractivity contribution in [2.45, 2.75) is 50.6 Å². The molecule has 154 valence electrons. The van der Waals surface area contributed by atoms with Crippen molar-refractivity contribution in [2.75, 3.05) is 13.2 Å². The van der Waals surface area contributed by atoms with Gasteiger partial charge in [-0.25, -0.2) is 9.59 Å². The minimum Gasteiger partial charge on any atom is -0.464 e. The van der Waals surface area contributed by atoms with E-state index in [2.05, 4.69) is 10.3 Å². The van der Waals surface area contributed by atoms with Crippen molar-refractivity contribution in [1.29, 1.82) is 0 Å². The van der Waals surface area contributed by atoms with Crippen molar-refractivity contribution in [3.05, 3.63) is 34.7 Å². The summed E-state index contributed by atoms with van der Waals surface area (Å²) in [6, 6.07) is 6.84. The highest BCUT2D eigenvalue weighted by Crippen LogP contribution is 2.33. The zero-order valence-electron chi connectivity index (χ0n) is 16.1. The van der Waals surface area contributed by atoms with E-state index >= 15 is 0 Å². The monoisotopic (exact) mass is 400 g/mol. The number of fused-ring (bicyclic) bond motifs is 1. The number of benzene rings is 1. The number of carbonyl (C=O) groups is 3. The zero-order valence-corrected chi connectivity index (χ0v) is 16.1. The number of aryl methyl sites for hydroxylation is 1. The molecule has 1 aliphatic heterocycles. The number of H-pyrrole nitrogens is 1. The van der Waals surface area contributed by atoms with Gasteiger partial charge in [0.1, 0.15) is 12.1 Å². The van der Waals surface area contributed by atoms with Crippen LogP contribution in [0.4, 0.5) is 4.79 Å². The van der Waals surface area contributed by atoms with Crippen molar-refractivity contribution >= 4 is 28.9 Å². The lowest BCUT2D eigenvalue weighted by molar-refractivity contribution is -0.148. The Kier molecular flexibility index (Phi) is 5.12. The summed E-state index contributed by atoms with van der Waals surface area (Å²) in [7, 11) is 0. The van der Waals surface area contributed by atoms with Crippen molar-refractivity contribution in [2.24, 2.45) is 0 Å². The summed E-state index contributed by atoms with van der Waals surface area (Å²) in [5.74, 6) is -0.961. The van der Waals surface area contributed by atoms with Crippen LogP contribution in [0.3, 0.4) is 0 Å². The summed E-state index contributed by atoms with van der Waals surface area (Å²) in [5.41, 5.74) is 0.492. The van der Waals surface area contributed by atoms with Crippen LogP contribution in [0, 0.1) is 0 Å². The maximum atomic E-state index is 12.7. The van der Waals surface area contributed by atoms with Gasteiger partial charge in [0, 0.05) is 6.54 Å². The summed E-state index contributed by atoms with van der Waals surface area (Å²) in [6.07, 6.45) is 4.49. The van der Waals surface area contributed by atoms with Crippen LogP contribution in [-0.4, -0.2) is 51.0 Å². The molecule has 1 aromatic heterocycles. The second-order valence-electron chi connectivity index (χ2n) is 7.64. The quantitative estimate of drug-likeness (QED) is 0.434. The third-order valence-electron chi connectivity index (χ3n) is 5.71. The first-order valence-corrected chi connectivity index (χ1v) is 9.97. The smallest absolute Gasteiger partial charge is 0.326 e. The van der Waals surface area contributed by atoms with E-state index in [1.165, 1.54) is 0 Å². The van der Waals surface area contributed by atoms with Crippen molar-refractivity contribution in [3.63, 3.8) is 0 Å². The van der Waals surface area contributed by atoms with Crippen LogP contribution in [0.1, 0.15) is 38.5 Å². The molecule has 1 saturated heterocycles. The topological polar surface area (TPSA) is 114 Å². The van der Waals surface area contributed by atoms with Crippen LogP contribution in [-0.2, 0) is 20.9 Å². The third-order valence-corrected chi connectivity index (χ3v) is 5.71.